The number of rotatable bonds is 1. The first kappa shape index (κ1) is 8.57. The Balaban J connectivity index is 3.09. The van der Waals surface area contributed by atoms with Gasteiger partial charge in [0.1, 0.15) is 0 Å². The first-order chi connectivity index (χ1) is 5.24. The molecule has 0 aliphatic heterocycles. The Morgan fingerprint density at radius 2 is 2.09 bits per heavy atom. The lowest BCUT2D eigenvalue weighted by atomic mass is 10.3. The maximum absolute atomic E-state index is 5.81. The van der Waals surface area contributed by atoms with Gasteiger partial charge in [0.25, 0.3) is 0 Å². The third-order valence-corrected chi connectivity index (χ3v) is 1.72. The van der Waals surface area contributed by atoms with Crippen molar-refractivity contribution in [3.05, 3.63) is 28.2 Å². The molecule has 11 heavy (non-hydrogen) atoms. The van der Waals surface area contributed by atoms with Crippen LogP contribution in [0.3, 0.4) is 0 Å². The molecular formula is C8H7Cl2N. The van der Waals surface area contributed by atoms with Gasteiger partial charge in [0, 0.05) is 11.2 Å². The fourth-order valence-electron chi connectivity index (χ4n) is 0.725. The van der Waals surface area contributed by atoms with Crippen molar-refractivity contribution < 1.29 is 0 Å². The number of halogens is 2. The van der Waals surface area contributed by atoms with Gasteiger partial charge in [-0.15, -0.1) is 0 Å². The molecule has 0 saturated carbocycles. The molecule has 3 heteroatoms. The van der Waals surface area contributed by atoms with Gasteiger partial charge in [0.05, 0.1) is 10.7 Å². The lowest BCUT2D eigenvalue weighted by Crippen LogP contribution is -1.69. The second kappa shape index (κ2) is 3.74. The van der Waals surface area contributed by atoms with Crippen LogP contribution >= 0.6 is 23.2 Å². The Kier molecular flexibility index (Phi) is 2.92. The summed E-state index contributed by atoms with van der Waals surface area (Å²) in [4.78, 5) is 4.03. The Labute approximate surface area is 75.7 Å². The van der Waals surface area contributed by atoms with Crippen molar-refractivity contribution in [2.45, 2.75) is 6.92 Å². The molecule has 1 nitrogen and oxygen atoms in total. The Hall–Kier alpha value is -0.530. The van der Waals surface area contributed by atoms with Gasteiger partial charge in [-0.3, -0.25) is 4.99 Å². The van der Waals surface area contributed by atoms with Crippen LogP contribution in [0.25, 0.3) is 0 Å². The first-order valence-corrected chi connectivity index (χ1v) is 3.93. The standard InChI is InChI=1S/C8H7Cl2N/c1-2-11-8-4-3-6(9)5-7(8)10/h2-5H,1H3. The van der Waals surface area contributed by atoms with Crippen molar-refractivity contribution >= 4 is 35.1 Å². The summed E-state index contributed by atoms with van der Waals surface area (Å²) in [6.07, 6.45) is 1.69. The molecule has 0 radical (unpaired) electrons. The van der Waals surface area contributed by atoms with E-state index in [9.17, 15) is 0 Å². The summed E-state index contributed by atoms with van der Waals surface area (Å²) in [7, 11) is 0. The molecule has 58 valence electrons. The molecular weight excluding hydrogens is 181 g/mol. The summed E-state index contributed by atoms with van der Waals surface area (Å²) in [6, 6.07) is 5.21. The molecule has 0 atom stereocenters. The van der Waals surface area contributed by atoms with Crippen LogP contribution in [0.1, 0.15) is 6.92 Å². The third-order valence-electron chi connectivity index (χ3n) is 1.18. The fourth-order valence-corrected chi connectivity index (χ4v) is 1.18. The Bertz CT molecular complexity index is 281. The fraction of sp³-hybridized carbons (Fsp3) is 0.125. The normalized spacial score (nSPS) is 10.8. The van der Waals surface area contributed by atoms with Gasteiger partial charge in [-0.2, -0.15) is 0 Å². The summed E-state index contributed by atoms with van der Waals surface area (Å²) in [6.45, 7) is 1.84. The van der Waals surface area contributed by atoms with E-state index >= 15 is 0 Å². The van der Waals surface area contributed by atoms with Crippen LogP contribution in [-0.4, -0.2) is 6.21 Å². The molecule has 0 amide bonds. The molecule has 0 unspecified atom stereocenters. The van der Waals surface area contributed by atoms with Crippen molar-refractivity contribution in [2.24, 2.45) is 4.99 Å². The molecule has 0 fully saturated rings. The summed E-state index contributed by atoms with van der Waals surface area (Å²) in [5, 5.41) is 1.21. The molecule has 1 aromatic carbocycles. The van der Waals surface area contributed by atoms with Gasteiger partial charge >= 0.3 is 0 Å². The molecule has 0 bridgehead atoms. The number of hydrogen-bond donors (Lipinski definition) is 0. The third kappa shape index (κ3) is 2.21. The smallest absolute Gasteiger partial charge is 0.0812 e. The SMILES string of the molecule is CC=Nc1ccc(Cl)cc1Cl. The van der Waals surface area contributed by atoms with Gasteiger partial charge in [-0.25, -0.2) is 0 Å². The van der Waals surface area contributed by atoms with Crippen molar-refractivity contribution in [3.63, 3.8) is 0 Å². The molecule has 1 aromatic rings. The first-order valence-electron chi connectivity index (χ1n) is 3.18. The maximum Gasteiger partial charge on any atom is 0.0812 e. The van der Waals surface area contributed by atoms with Gasteiger partial charge in [0.15, 0.2) is 0 Å². The van der Waals surface area contributed by atoms with Crippen molar-refractivity contribution in [1.82, 2.24) is 0 Å². The predicted molar refractivity (Wildman–Crippen MR) is 50.3 cm³/mol. The van der Waals surface area contributed by atoms with E-state index < -0.39 is 0 Å². The van der Waals surface area contributed by atoms with Gasteiger partial charge in [-0.1, -0.05) is 23.2 Å². The van der Waals surface area contributed by atoms with Crippen LogP contribution in [0.2, 0.25) is 10.0 Å². The molecule has 0 aliphatic carbocycles. The van der Waals surface area contributed by atoms with E-state index in [-0.39, 0.29) is 0 Å². The van der Waals surface area contributed by atoms with Crippen molar-refractivity contribution in [1.29, 1.82) is 0 Å². The van der Waals surface area contributed by atoms with Crippen LogP contribution in [0.5, 0.6) is 0 Å². The van der Waals surface area contributed by atoms with Crippen molar-refractivity contribution in [3.8, 4) is 0 Å². The monoisotopic (exact) mass is 187 g/mol. The number of nitrogens with zero attached hydrogens (tertiary/aromatic N) is 1. The molecule has 0 heterocycles. The lowest BCUT2D eigenvalue weighted by Gasteiger charge is -1.96. The zero-order chi connectivity index (χ0) is 8.27. The highest BCUT2D eigenvalue weighted by atomic mass is 35.5. The Morgan fingerprint density at radius 3 is 2.64 bits per heavy atom. The minimum Gasteiger partial charge on any atom is -0.260 e. The van der Waals surface area contributed by atoms with E-state index in [1.54, 1.807) is 24.4 Å². The number of hydrogen-bond acceptors (Lipinski definition) is 1. The molecule has 0 aromatic heterocycles. The quantitative estimate of drug-likeness (QED) is 0.595. The molecule has 0 N–H and O–H groups in total. The van der Waals surface area contributed by atoms with E-state index in [1.807, 2.05) is 6.92 Å². The molecule has 0 spiro atoms. The van der Waals surface area contributed by atoms with Gasteiger partial charge < -0.3 is 0 Å². The van der Waals surface area contributed by atoms with E-state index in [4.69, 9.17) is 23.2 Å². The maximum atomic E-state index is 5.81. The topological polar surface area (TPSA) is 12.4 Å². The van der Waals surface area contributed by atoms with E-state index in [1.165, 1.54) is 0 Å². The number of aliphatic imine (C=N–C) groups is 1. The average Bonchev–Trinajstić information content (AvgIpc) is 1.95. The van der Waals surface area contributed by atoms with Gasteiger partial charge in [-0.05, 0) is 25.1 Å². The highest BCUT2D eigenvalue weighted by Crippen LogP contribution is 2.27. The minimum absolute atomic E-state index is 0.579. The molecule has 1 rings (SSSR count). The van der Waals surface area contributed by atoms with Crippen molar-refractivity contribution in [2.75, 3.05) is 0 Å². The van der Waals surface area contributed by atoms with Crippen LogP contribution < -0.4 is 0 Å². The molecule has 0 saturated heterocycles. The van der Waals surface area contributed by atoms with E-state index in [0.717, 1.165) is 5.69 Å². The second-order valence-electron chi connectivity index (χ2n) is 1.98. The van der Waals surface area contributed by atoms with Crippen LogP contribution in [-0.2, 0) is 0 Å². The highest BCUT2D eigenvalue weighted by molar-refractivity contribution is 6.36. The van der Waals surface area contributed by atoms with E-state index in [0.29, 0.717) is 10.0 Å². The average molecular weight is 188 g/mol. The Morgan fingerprint density at radius 1 is 1.36 bits per heavy atom. The summed E-state index contributed by atoms with van der Waals surface area (Å²) in [5.41, 5.74) is 0.749. The number of benzene rings is 1. The minimum atomic E-state index is 0.579. The predicted octanol–water partition coefficient (Wildman–Crippen LogP) is 3.72. The van der Waals surface area contributed by atoms with Crippen LogP contribution in [0.15, 0.2) is 23.2 Å². The summed E-state index contributed by atoms with van der Waals surface area (Å²) in [5.74, 6) is 0. The van der Waals surface area contributed by atoms with E-state index in [2.05, 4.69) is 4.99 Å². The zero-order valence-corrected chi connectivity index (χ0v) is 7.52. The second-order valence-corrected chi connectivity index (χ2v) is 2.83. The van der Waals surface area contributed by atoms with Gasteiger partial charge in [0.2, 0.25) is 0 Å². The largest absolute Gasteiger partial charge is 0.260 e. The summed E-state index contributed by atoms with van der Waals surface area (Å²) >= 11 is 11.5. The molecule has 0 aliphatic rings. The lowest BCUT2D eigenvalue weighted by molar-refractivity contribution is 1.53. The van der Waals surface area contributed by atoms with Crippen LogP contribution in [0.4, 0.5) is 5.69 Å². The zero-order valence-electron chi connectivity index (χ0n) is 6.01. The highest BCUT2D eigenvalue weighted by Gasteiger charge is 1.96. The summed E-state index contributed by atoms with van der Waals surface area (Å²) < 4.78 is 0. The van der Waals surface area contributed by atoms with Crippen LogP contribution in [0, 0.1) is 0 Å².